The van der Waals surface area contributed by atoms with Crippen LogP contribution in [-0.2, 0) is 16.1 Å². The average molecular weight is 318 g/mol. The fourth-order valence-corrected chi connectivity index (χ4v) is 3.39. The van der Waals surface area contributed by atoms with Crippen LogP contribution in [0, 0.1) is 0 Å². The Morgan fingerprint density at radius 3 is 2.70 bits per heavy atom. The summed E-state index contributed by atoms with van der Waals surface area (Å²) in [5, 5.41) is 0. The Morgan fingerprint density at radius 2 is 2.09 bits per heavy atom. The highest BCUT2D eigenvalue weighted by atomic mass is 16.5. The van der Waals surface area contributed by atoms with Gasteiger partial charge in [0.1, 0.15) is 6.10 Å². The molecule has 1 aromatic rings. The number of rotatable bonds is 6. The molecule has 1 aliphatic heterocycles. The van der Waals surface area contributed by atoms with Crippen LogP contribution in [0.25, 0.3) is 0 Å². The lowest BCUT2D eigenvalue weighted by atomic mass is 9.96. The summed E-state index contributed by atoms with van der Waals surface area (Å²) < 4.78 is 5.44. The van der Waals surface area contributed by atoms with Gasteiger partial charge >= 0.3 is 0 Å². The number of hydrogen-bond acceptors (Lipinski definition) is 3. The zero-order valence-electron chi connectivity index (χ0n) is 14.9. The van der Waals surface area contributed by atoms with Crippen molar-refractivity contribution in [2.45, 2.75) is 58.3 Å². The third kappa shape index (κ3) is 4.79. The minimum Gasteiger partial charge on any atom is -0.369 e. The summed E-state index contributed by atoms with van der Waals surface area (Å²) in [6.45, 7) is 8.62. The molecule has 23 heavy (non-hydrogen) atoms. The number of benzene rings is 1. The summed E-state index contributed by atoms with van der Waals surface area (Å²) in [6, 6.07) is 11.4. The highest BCUT2D eigenvalue weighted by molar-refractivity contribution is 5.80. The van der Waals surface area contributed by atoms with E-state index in [1.165, 1.54) is 5.56 Å². The normalized spacial score (nSPS) is 23.5. The number of amides is 1. The largest absolute Gasteiger partial charge is 0.369 e. The first-order valence-electron chi connectivity index (χ1n) is 8.69. The fourth-order valence-electron chi connectivity index (χ4n) is 3.39. The minimum atomic E-state index is -0.345. The summed E-state index contributed by atoms with van der Waals surface area (Å²) in [4.78, 5) is 16.8. The number of nitrogens with zero attached hydrogens (tertiary/aromatic N) is 2. The van der Waals surface area contributed by atoms with E-state index in [9.17, 15) is 4.79 Å². The summed E-state index contributed by atoms with van der Waals surface area (Å²) in [6.07, 6.45) is 1.70. The molecule has 1 aromatic carbocycles. The van der Waals surface area contributed by atoms with Crippen LogP contribution in [0.4, 0.5) is 0 Å². The molecule has 0 bridgehead atoms. The van der Waals surface area contributed by atoms with Crippen LogP contribution in [0.2, 0.25) is 0 Å². The Hall–Kier alpha value is -1.39. The molecule has 1 saturated heterocycles. The van der Waals surface area contributed by atoms with Crippen LogP contribution >= 0.6 is 0 Å². The monoisotopic (exact) mass is 318 g/mol. The van der Waals surface area contributed by atoms with E-state index in [1.807, 2.05) is 25.8 Å². The molecule has 4 nitrogen and oxygen atoms in total. The van der Waals surface area contributed by atoms with Crippen molar-refractivity contribution >= 4 is 5.91 Å². The van der Waals surface area contributed by atoms with Gasteiger partial charge in [-0.25, -0.2) is 0 Å². The molecule has 1 heterocycles. The van der Waals surface area contributed by atoms with Gasteiger partial charge in [0.05, 0.1) is 0 Å². The Kier molecular flexibility index (Phi) is 6.60. The highest BCUT2D eigenvalue weighted by Gasteiger charge is 2.31. The number of hydrogen-bond donors (Lipinski definition) is 0. The lowest BCUT2D eigenvalue weighted by Gasteiger charge is -2.41. The zero-order chi connectivity index (χ0) is 16.8. The van der Waals surface area contributed by atoms with Gasteiger partial charge in [-0.2, -0.15) is 0 Å². The predicted molar refractivity (Wildman–Crippen MR) is 93.2 cm³/mol. The molecule has 0 saturated carbocycles. The number of carbonyl (C=O) groups excluding carboxylic acids is 1. The van der Waals surface area contributed by atoms with E-state index in [-0.39, 0.29) is 12.0 Å². The third-order valence-electron chi connectivity index (χ3n) is 4.87. The van der Waals surface area contributed by atoms with Crippen molar-refractivity contribution in [1.82, 2.24) is 9.80 Å². The van der Waals surface area contributed by atoms with Crippen molar-refractivity contribution in [3.63, 3.8) is 0 Å². The molecule has 0 aliphatic carbocycles. The zero-order valence-corrected chi connectivity index (χ0v) is 14.9. The second-order valence-electron chi connectivity index (χ2n) is 6.53. The van der Waals surface area contributed by atoms with Gasteiger partial charge in [-0.1, -0.05) is 30.3 Å². The van der Waals surface area contributed by atoms with Gasteiger partial charge in [-0.15, -0.1) is 0 Å². The van der Waals surface area contributed by atoms with Gasteiger partial charge in [0.15, 0.2) is 0 Å². The van der Waals surface area contributed by atoms with Crippen LogP contribution in [-0.4, -0.2) is 54.1 Å². The Morgan fingerprint density at radius 1 is 1.39 bits per heavy atom. The molecule has 1 fully saturated rings. The maximum atomic E-state index is 12.4. The van der Waals surface area contributed by atoms with E-state index < -0.39 is 0 Å². The second-order valence-corrected chi connectivity index (χ2v) is 6.53. The van der Waals surface area contributed by atoms with Crippen LogP contribution in [0.15, 0.2) is 30.3 Å². The average Bonchev–Trinajstić information content (AvgIpc) is 2.56. The van der Waals surface area contributed by atoms with E-state index in [2.05, 4.69) is 42.2 Å². The van der Waals surface area contributed by atoms with Crippen molar-refractivity contribution in [3.8, 4) is 0 Å². The van der Waals surface area contributed by atoms with Crippen molar-refractivity contribution < 1.29 is 9.53 Å². The first kappa shape index (κ1) is 18.0. The molecule has 0 aromatic heterocycles. The maximum absolute atomic E-state index is 12.4. The lowest BCUT2D eigenvalue weighted by Crippen LogP contribution is -2.51. The minimum absolute atomic E-state index is 0.0977. The molecule has 0 radical (unpaired) electrons. The van der Waals surface area contributed by atoms with Crippen LogP contribution in [0.3, 0.4) is 0 Å². The molecule has 2 rings (SSSR count). The van der Waals surface area contributed by atoms with Crippen molar-refractivity contribution in [3.05, 3.63) is 35.9 Å². The van der Waals surface area contributed by atoms with Crippen molar-refractivity contribution in [2.75, 3.05) is 20.2 Å². The van der Waals surface area contributed by atoms with Gasteiger partial charge in [-0.05, 0) is 39.2 Å². The van der Waals surface area contributed by atoms with Gasteiger partial charge in [0.2, 0.25) is 0 Å². The number of likely N-dealkylation sites (N-methyl/N-ethyl adjacent to an activating group) is 1. The van der Waals surface area contributed by atoms with Gasteiger partial charge in [0, 0.05) is 38.8 Å². The lowest BCUT2D eigenvalue weighted by molar-refractivity contribution is -0.144. The van der Waals surface area contributed by atoms with E-state index in [1.54, 1.807) is 0 Å². The Bertz CT molecular complexity index is 491. The molecule has 3 atom stereocenters. The molecular formula is C19H30N2O2. The second kappa shape index (κ2) is 8.46. The molecule has 4 heteroatoms. The van der Waals surface area contributed by atoms with E-state index in [4.69, 9.17) is 4.74 Å². The molecule has 1 aliphatic rings. The predicted octanol–water partition coefficient (Wildman–Crippen LogP) is 2.92. The summed E-state index contributed by atoms with van der Waals surface area (Å²) in [7, 11) is 1.92. The highest BCUT2D eigenvalue weighted by Crippen LogP contribution is 2.23. The Balaban J connectivity index is 1.89. The first-order valence-corrected chi connectivity index (χ1v) is 8.69. The third-order valence-corrected chi connectivity index (χ3v) is 4.87. The number of carbonyl (C=O) groups is 1. The van der Waals surface area contributed by atoms with Crippen molar-refractivity contribution in [1.29, 1.82) is 0 Å². The smallest absolute Gasteiger partial charge is 0.251 e. The van der Waals surface area contributed by atoms with Crippen molar-refractivity contribution in [2.24, 2.45) is 0 Å². The number of likely N-dealkylation sites (tertiary alicyclic amines) is 1. The molecule has 0 unspecified atom stereocenters. The van der Waals surface area contributed by atoms with Gasteiger partial charge < -0.3 is 9.64 Å². The number of piperidine rings is 1. The van der Waals surface area contributed by atoms with Gasteiger partial charge in [0.25, 0.3) is 5.91 Å². The molecule has 0 N–H and O–H groups in total. The maximum Gasteiger partial charge on any atom is 0.251 e. The molecular weight excluding hydrogens is 288 g/mol. The molecule has 0 spiro atoms. The summed E-state index contributed by atoms with van der Waals surface area (Å²) >= 11 is 0. The van der Waals surface area contributed by atoms with E-state index in [0.29, 0.717) is 18.7 Å². The fraction of sp³-hybridized carbons (Fsp3) is 0.632. The molecule has 1 amide bonds. The SMILES string of the molecule is CCO[C@H](C)C(=O)N(C)[C@@H]1CCN(Cc2ccccc2)[C@H](C)C1. The quantitative estimate of drug-likeness (QED) is 0.808. The summed E-state index contributed by atoms with van der Waals surface area (Å²) in [5.74, 6) is 0.0977. The van der Waals surface area contributed by atoms with Crippen LogP contribution < -0.4 is 0 Å². The van der Waals surface area contributed by atoms with E-state index >= 15 is 0 Å². The Labute approximate surface area is 140 Å². The van der Waals surface area contributed by atoms with Gasteiger partial charge in [-0.3, -0.25) is 9.69 Å². The topological polar surface area (TPSA) is 32.8 Å². The molecule has 128 valence electrons. The van der Waals surface area contributed by atoms with Crippen LogP contribution in [0.1, 0.15) is 39.2 Å². The van der Waals surface area contributed by atoms with E-state index in [0.717, 1.165) is 25.9 Å². The first-order chi connectivity index (χ1) is 11.0. The summed E-state index contributed by atoms with van der Waals surface area (Å²) in [5.41, 5.74) is 1.35. The number of ether oxygens (including phenoxy) is 1. The van der Waals surface area contributed by atoms with Crippen LogP contribution in [0.5, 0.6) is 0 Å². The standard InChI is InChI=1S/C19H30N2O2/c1-5-23-16(3)19(22)20(4)18-11-12-21(15(2)13-18)14-17-9-7-6-8-10-17/h6-10,15-16,18H,5,11-14H2,1-4H3/t15-,16-,18-/m1/s1.